The summed E-state index contributed by atoms with van der Waals surface area (Å²) >= 11 is 1.77. The minimum absolute atomic E-state index is 0.689. The number of aromatic nitrogens is 1. The van der Waals surface area contributed by atoms with E-state index in [9.17, 15) is 0 Å². The lowest BCUT2D eigenvalue weighted by Gasteiger charge is -2.20. The molecule has 1 aromatic carbocycles. The molecule has 0 amide bonds. The van der Waals surface area contributed by atoms with E-state index >= 15 is 0 Å². The highest BCUT2D eigenvalue weighted by Gasteiger charge is 2.11. The number of thiazole rings is 1. The van der Waals surface area contributed by atoms with Crippen LogP contribution in [0.3, 0.4) is 0 Å². The van der Waals surface area contributed by atoms with Crippen molar-refractivity contribution in [3.63, 3.8) is 0 Å². The third-order valence-electron chi connectivity index (χ3n) is 4.27. The molecule has 21 heavy (non-hydrogen) atoms. The van der Waals surface area contributed by atoms with Crippen LogP contribution < -0.4 is 5.32 Å². The van der Waals surface area contributed by atoms with Crippen molar-refractivity contribution in [2.45, 2.75) is 57.5 Å². The second kappa shape index (κ2) is 7.71. The number of rotatable bonds is 4. The molecule has 2 aromatic rings. The minimum atomic E-state index is 0.689. The Balaban J connectivity index is 1.54. The number of nitrogens with one attached hydrogen (secondary N) is 1. The lowest BCUT2D eigenvalue weighted by Crippen LogP contribution is -2.29. The van der Waals surface area contributed by atoms with Crippen LogP contribution in [0, 0.1) is 0 Å². The van der Waals surface area contributed by atoms with Gasteiger partial charge < -0.3 is 5.32 Å². The van der Waals surface area contributed by atoms with Crippen LogP contribution >= 0.6 is 11.3 Å². The molecule has 1 heterocycles. The Morgan fingerprint density at radius 1 is 1.00 bits per heavy atom. The fraction of sp³-hybridized carbons (Fsp3) is 0.500. The normalized spacial score (nSPS) is 17.3. The SMILES string of the molecule is c1ccc(-c2csc(CNC3CCCCCCC3)n2)cc1. The first kappa shape index (κ1) is 14.7. The second-order valence-corrected chi connectivity index (χ2v) is 6.86. The van der Waals surface area contributed by atoms with Gasteiger partial charge in [-0.15, -0.1) is 11.3 Å². The van der Waals surface area contributed by atoms with E-state index < -0.39 is 0 Å². The molecule has 0 bridgehead atoms. The molecular formula is C18H24N2S. The van der Waals surface area contributed by atoms with Crippen LogP contribution in [0.5, 0.6) is 0 Å². The highest BCUT2D eigenvalue weighted by Crippen LogP contribution is 2.22. The van der Waals surface area contributed by atoms with E-state index in [1.54, 1.807) is 11.3 Å². The average molecular weight is 300 g/mol. The van der Waals surface area contributed by atoms with Crippen LogP contribution in [0.25, 0.3) is 11.3 Å². The lowest BCUT2D eigenvalue weighted by atomic mass is 9.97. The van der Waals surface area contributed by atoms with Crippen molar-refractivity contribution in [3.8, 4) is 11.3 Å². The Morgan fingerprint density at radius 3 is 2.48 bits per heavy atom. The summed E-state index contributed by atoms with van der Waals surface area (Å²) in [5.74, 6) is 0. The maximum atomic E-state index is 4.76. The Kier molecular flexibility index (Phi) is 5.41. The summed E-state index contributed by atoms with van der Waals surface area (Å²) < 4.78 is 0. The van der Waals surface area contributed by atoms with Crippen LogP contribution in [0.2, 0.25) is 0 Å². The van der Waals surface area contributed by atoms with Gasteiger partial charge in [-0.1, -0.05) is 62.4 Å². The molecule has 1 aromatic heterocycles. The number of hydrogen-bond acceptors (Lipinski definition) is 3. The monoisotopic (exact) mass is 300 g/mol. The summed E-state index contributed by atoms with van der Waals surface area (Å²) in [6.07, 6.45) is 9.67. The van der Waals surface area contributed by atoms with Gasteiger partial charge in [0.15, 0.2) is 0 Å². The van der Waals surface area contributed by atoms with Crippen molar-refractivity contribution in [3.05, 3.63) is 40.7 Å². The molecule has 0 atom stereocenters. The maximum Gasteiger partial charge on any atom is 0.107 e. The van der Waals surface area contributed by atoms with Crippen molar-refractivity contribution >= 4 is 11.3 Å². The van der Waals surface area contributed by atoms with Crippen molar-refractivity contribution in [2.75, 3.05) is 0 Å². The molecule has 1 fully saturated rings. The fourth-order valence-corrected chi connectivity index (χ4v) is 3.78. The molecule has 0 unspecified atom stereocenters. The van der Waals surface area contributed by atoms with Crippen molar-refractivity contribution in [1.29, 1.82) is 0 Å². The summed E-state index contributed by atoms with van der Waals surface area (Å²) in [6.45, 7) is 0.919. The van der Waals surface area contributed by atoms with Gasteiger partial charge in [0.05, 0.1) is 5.69 Å². The van der Waals surface area contributed by atoms with Gasteiger partial charge in [0.2, 0.25) is 0 Å². The van der Waals surface area contributed by atoms with Gasteiger partial charge in [-0.25, -0.2) is 4.98 Å². The molecule has 112 valence electrons. The Morgan fingerprint density at radius 2 is 1.71 bits per heavy atom. The predicted octanol–water partition coefficient (Wildman–Crippen LogP) is 5.01. The van der Waals surface area contributed by atoms with E-state index in [0.29, 0.717) is 6.04 Å². The fourth-order valence-electron chi connectivity index (χ4n) is 3.03. The molecule has 1 aliphatic carbocycles. The van der Waals surface area contributed by atoms with E-state index in [1.807, 2.05) is 6.07 Å². The van der Waals surface area contributed by atoms with Gasteiger partial charge in [0.25, 0.3) is 0 Å². The molecule has 3 rings (SSSR count). The van der Waals surface area contributed by atoms with Gasteiger partial charge in [-0.05, 0) is 12.8 Å². The van der Waals surface area contributed by atoms with Gasteiger partial charge in [-0.2, -0.15) is 0 Å². The first-order valence-electron chi connectivity index (χ1n) is 8.15. The zero-order valence-corrected chi connectivity index (χ0v) is 13.4. The van der Waals surface area contributed by atoms with Crippen LogP contribution in [0.15, 0.2) is 35.7 Å². The van der Waals surface area contributed by atoms with Crippen LogP contribution in [-0.2, 0) is 6.54 Å². The smallest absolute Gasteiger partial charge is 0.107 e. The molecule has 0 radical (unpaired) electrons. The zero-order chi connectivity index (χ0) is 14.3. The van der Waals surface area contributed by atoms with E-state index in [4.69, 9.17) is 4.98 Å². The largest absolute Gasteiger partial charge is 0.308 e. The third-order valence-corrected chi connectivity index (χ3v) is 5.12. The molecule has 2 nitrogen and oxygen atoms in total. The number of benzene rings is 1. The third kappa shape index (κ3) is 4.39. The molecule has 3 heteroatoms. The second-order valence-electron chi connectivity index (χ2n) is 5.92. The predicted molar refractivity (Wildman–Crippen MR) is 90.5 cm³/mol. The van der Waals surface area contributed by atoms with Crippen LogP contribution in [0.1, 0.15) is 50.0 Å². The quantitative estimate of drug-likeness (QED) is 0.858. The van der Waals surface area contributed by atoms with Crippen molar-refractivity contribution < 1.29 is 0 Å². The average Bonchev–Trinajstić information content (AvgIpc) is 2.96. The standard InChI is InChI=1S/C18H24N2S/c1-2-7-11-16(12-8-3-1)19-13-18-20-17(14-21-18)15-9-5-4-6-10-15/h4-6,9-10,14,16,19H,1-3,7-8,11-13H2. The highest BCUT2D eigenvalue weighted by molar-refractivity contribution is 7.09. The van der Waals surface area contributed by atoms with Gasteiger partial charge in [0, 0.05) is 23.5 Å². The van der Waals surface area contributed by atoms with Gasteiger partial charge in [0.1, 0.15) is 5.01 Å². The summed E-state index contributed by atoms with van der Waals surface area (Å²) in [5, 5.41) is 7.09. The number of nitrogens with zero attached hydrogens (tertiary/aromatic N) is 1. The first-order valence-corrected chi connectivity index (χ1v) is 9.03. The zero-order valence-electron chi connectivity index (χ0n) is 12.6. The Bertz CT molecular complexity index is 527. The Labute approximate surface area is 131 Å². The molecule has 1 aliphatic rings. The molecule has 0 saturated heterocycles. The minimum Gasteiger partial charge on any atom is -0.308 e. The molecule has 1 N–H and O–H groups in total. The molecule has 1 saturated carbocycles. The van der Waals surface area contributed by atoms with E-state index in [-0.39, 0.29) is 0 Å². The first-order chi connectivity index (χ1) is 10.4. The van der Waals surface area contributed by atoms with Gasteiger partial charge in [-0.3, -0.25) is 0 Å². The number of hydrogen-bond donors (Lipinski definition) is 1. The lowest BCUT2D eigenvalue weighted by molar-refractivity contribution is 0.389. The van der Waals surface area contributed by atoms with Crippen LogP contribution in [-0.4, -0.2) is 11.0 Å². The summed E-state index contributed by atoms with van der Waals surface area (Å²) in [7, 11) is 0. The van der Waals surface area contributed by atoms with Crippen molar-refractivity contribution in [2.24, 2.45) is 0 Å². The molecule has 0 spiro atoms. The molecule has 0 aliphatic heterocycles. The summed E-state index contributed by atoms with van der Waals surface area (Å²) in [5.41, 5.74) is 2.32. The maximum absolute atomic E-state index is 4.76. The highest BCUT2D eigenvalue weighted by atomic mass is 32.1. The van der Waals surface area contributed by atoms with E-state index in [0.717, 1.165) is 12.2 Å². The molecular weight excluding hydrogens is 276 g/mol. The van der Waals surface area contributed by atoms with E-state index in [1.165, 1.54) is 55.5 Å². The summed E-state index contributed by atoms with van der Waals surface area (Å²) in [6, 6.07) is 11.1. The van der Waals surface area contributed by atoms with Crippen LogP contribution in [0.4, 0.5) is 0 Å². The van der Waals surface area contributed by atoms with Gasteiger partial charge >= 0.3 is 0 Å². The van der Waals surface area contributed by atoms with E-state index in [2.05, 4.69) is 35.0 Å². The Hall–Kier alpha value is -1.19. The van der Waals surface area contributed by atoms with Crippen molar-refractivity contribution in [1.82, 2.24) is 10.3 Å². The summed E-state index contributed by atoms with van der Waals surface area (Å²) in [4.78, 5) is 4.76. The topological polar surface area (TPSA) is 24.9 Å².